The maximum Gasteiger partial charge on any atom is 0.258 e. The minimum Gasteiger partial charge on any atom is -0.484 e. The first-order valence-electron chi connectivity index (χ1n) is 7.80. The number of aromatic nitrogens is 1. The number of pyridine rings is 1. The fourth-order valence-electron chi connectivity index (χ4n) is 2.24. The monoisotopic (exact) mass is 335 g/mol. The maximum atomic E-state index is 11.9. The molecular weight excluding hydrogens is 318 g/mol. The van der Waals surface area contributed by atoms with E-state index < -0.39 is 0 Å². The van der Waals surface area contributed by atoms with Gasteiger partial charge in [0.2, 0.25) is 5.91 Å². The zero-order chi connectivity index (χ0) is 17.5. The molecule has 25 heavy (non-hydrogen) atoms. The Morgan fingerprint density at radius 2 is 1.72 bits per heavy atom. The van der Waals surface area contributed by atoms with Gasteiger partial charge in [0, 0.05) is 5.39 Å². The average molecular weight is 335 g/mol. The first kappa shape index (κ1) is 16.4. The molecule has 6 heteroatoms. The lowest BCUT2D eigenvalue weighted by Gasteiger charge is -2.08. The molecule has 1 aromatic heterocycles. The number of hydrogen-bond acceptors (Lipinski definition) is 4. The molecule has 0 aliphatic carbocycles. The summed E-state index contributed by atoms with van der Waals surface area (Å²) in [5.41, 5.74) is 1.44. The summed E-state index contributed by atoms with van der Waals surface area (Å²) >= 11 is 0. The number of ether oxygens (including phenoxy) is 1. The third-order valence-corrected chi connectivity index (χ3v) is 3.43. The van der Waals surface area contributed by atoms with Gasteiger partial charge in [-0.25, -0.2) is 0 Å². The number of anilines is 1. The number of carbonyl (C=O) groups excluding carboxylic acids is 2. The largest absolute Gasteiger partial charge is 0.484 e. The highest BCUT2D eigenvalue weighted by Crippen LogP contribution is 2.15. The molecule has 0 bridgehead atoms. The van der Waals surface area contributed by atoms with Gasteiger partial charge >= 0.3 is 0 Å². The molecule has 0 aliphatic heterocycles. The van der Waals surface area contributed by atoms with Crippen LogP contribution in [0.5, 0.6) is 5.75 Å². The standard InChI is InChI=1S/C19H17N3O3/c23-18(12-21-19(24)13-25-16-7-2-1-3-8-16)22-15-10-14-6-4-5-9-17(14)20-11-15/h1-11H,12-13H2,(H,21,24)(H,22,23). The number of para-hydroxylation sites is 2. The van der Waals surface area contributed by atoms with Gasteiger partial charge in [0.25, 0.3) is 5.91 Å². The van der Waals surface area contributed by atoms with Crippen LogP contribution in [0.3, 0.4) is 0 Å². The van der Waals surface area contributed by atoms with Gasteiger partial charge in [0.05, 0.1) is 23.9 Å². The Kier molecular flexibility index (Phi) is 5.21. The van der Waals surface area contributed by atoms with Crippen molar-refractivity contribution in [2.24, 2.45) is 0 Å². The quantitative estimate of drug-likeness (QED) is 0.725. The number of fused-ring (bicyclic) bond motifs is 1. The maximum absolute atomic E-state index is 11.9. The van der Waals surface area contributed by atoms with Crippen LogP contribution >= 0.6 is 0 Å². The molecule has 126 valence electrons. The van der Waals surface area contributed by atoms with Gasteiger partial charge < -0.3 is 15.4 Å². The summed E-state index contributed by atoms with van der Waals surface area (Å²) in [6, 6.07) is 18.5. The van der Waals surface area contributed by atoms with Crippen molar-refractivity contribution in [2.75, 3.05) is 18.5 Å². The van der Waals surface area contributed by atoms with Crippen LogP contribution in [0.1, 0.15) is 0 Å². The minimum atomic E-state index is -0.365. The Bertz CT molecular complexity index is 881. The molecule has 2 amide bonds. The van der Waals surface area contributed by atoms with E-state index in [-0.39, 0.29) is 25.0 Å². The fourth-order valence-corrected chi connectivity index (χ4v) is 2.24. The summed E-state index contributed by atoms with van der Waals surface area (Å²) in [4.78, 5) is 27.9. The Hall–Kier alpha value is -3.41. The summed E-state index contributed by atoms with van der Waals surface area (Å²) in [7, 11) is 0. The Morgan fingerprint density at radius 1 is 0.960 bits per heavy atom. The summed E-state index contributed by atoms with van der Waals surface area (Å²) in [5.74, 6) is -0.0925. The first-order chi connectivity index (χ1) is 12.2. The van der Waals surface area contributed by atoms with Gasteiger partial charge in [-0.1, -0.05) is 36.4 Å². The zero-order valence-electron chi connectivity index (χ0n) is 13.4. The van der Waals surface area contributed by atoms with Crippen molar-refractivity contribution in [1.82, 2.24) is 10.3 Å². The molecule has 0 unspecified atom stereocenters. The van der Waals surface area contributed by atoms with E-state index >= 15 is 0 Å². The second-order valence-corrected chi connectivity index (χ2v) is 5.34. The third-order valence-electron chi connectivity index (χ3n) is 3.43. The number of carbonyl (C=O) groups is 2. The highest BCUT2D eigenvalue weighted by molar-refractivity contribution is 5.96. The molecule has 3 aromatic rings. The molecule has 0 saturated heterocycles. The van der Waals surface area contributed by atoms with Crippen LogP contribution in [0.2, 0.25) is 0 Å². The van der Waals surface area contributed by atoms with E-state index in [4.69, 9.17) is 4.74 Å². The summed E-state index contributed by atoms with van der Waals surface area (Å²) in [5, 5.41) is 6.15. The van der Waals surface area contributed by atoms with E-state index in [9.17, 15) is 9.59 Å². The smallest absolute Gasteiger partial charge is 0.258 e. The lowest BCUT2D eigenvalue weighted by molar-refractivity contribution is -0.125. The van der Waals surface area contributed by atoms with Crippen molar-refractivity contribution >= 4 is 28.4 Å². The summed E-state index contributed by atoms with van der Waals surface area (Å²) in [6.07, 6.45) is 1.58. The van der Waals surface area contributed by atoms with E-state index in [2.05, 4.69) is 15.6 Å². The molecule has 0 spiro atoms. The van der Waals surface area contributed by atoms with Gasteiger partial charge in [-0.15, -0.1) is 0 Å². The summed E-state index contributed by atoms with van der Waals surface area (Å²) < 4.78 is 5.31. The highest BCUT2D eigenvalue weighted by atomic mass is 16.5. The molecule has 0 fully saturated rings. The van der Waals surface area contributed by atoms with E-state index in [1.807, 2.05) is 48.5 Å². The molecule has 0 saturated carbocycles. The minimum absolute atomic E-state index is 0.135. The predicted octanol–water partition coefficient (Wildman–Crippen LogP) is 2.37. The number of benzene rings is 2. The van der Waals surface area contributed by atoms with Crippen molar-refractivity contribution in [1.29, 1.82) is 0 Å². The fraction of sp³-hybridized carbons (Fsp3) is 0.105. The number of rotatable bonds is 6. The number of nitrogens with zero attached hydrogens (tertiary/aromatic N) is 1. The molecule has 0 aliphatic rings. The van der Waals surface area contributed by atoms with Crippen molar-refractivity contribution in [3.63, 3.8) is 0 Å². The topological polar surface area (TPSA) is 80.3 Å². The van der Waals surface area contributed by atoms with Crippen LogP contribution in [0.4, 0.5) is 5.69 Å². The van der Waals surface area contributed by atoms with Gasteiger partial charge in [-0.05, 0) is 24.3 Å². The Labute approximate surface area is 144 Å². The second-order valence-electron chi connectivity index (χ2n) is 5.34. The molecule has 1 heterocycles. The van der Waals surface area contributed by atoms with E-state index in [0.717, 1.165) is 10.9 Å². The summed E-state index contributed by atoms with van der Waals surface area (Å²) in [6.45, 7) is -0.279. The number of amides is 2. The molecule has 2 N–H and O–H groups in total. The molecular formula is C19H17N3O3. The van der Waals surface area contributed by atoms with Crippen LogP contribution in [0.25, 0.3) is 10.9 Å². The third kappa shape index (κ3) is 4.78. The Balaban J connectivity index is 1.46. The van der Waals surface area contributed by atoms with E-state index in [0.29, 0.717) is 11.4 Å². The zero-order valence-corrected chi connectivity index (χ0v) is 13.4. The number of nitrogens with one attached hydrogen (secondary N) is 2. The lowest BCUT2D eigenvalue weighted by atomic mass is 10.2. The predicted molar refractivity (Wildman–Crippen MR) is 95.3 cm³/mol. The van der Waals surface area contributed by atoms with Gasteiger partial charge in [0.1, 0.15) is 5.75 Å². The van der Waals surface area contributed by atoms with Crippen molar-refractivity contribution in [3.05, 3.63) is 66.9 Å². The van der Waals surface area contributed by atoms with Crippen LogP contribution in [-0.2, 0) is 9.59 Å². The van der Waals surface area contributed by atoms with Gasteiger partial charge in [-0.2, -0.15) is 0 Å². The SMILES string of the molecule is O=C(COc1ccccc1)NCC(=O)Nc1cnc2ccccc2c1. The van der Waals surface area contributed by atoms with Gasteiger partial charge in [-0.3, -0.25) is 14.6 Å². The highest BCUT2D eigenvalue weighted by Gasteiger charge is 2.07. The van der Waals surface area contributed by atoms with Gasteiger partial charge in [0.15, 0.2) is 6.61 Å². The van der Waals surface area contributed by atoms with Crippen molar-refractivity contribution in [2.45, 2.75) is 0 Å². The number of hydrogen-bond donors (Lipinski definition) is 2. The van der Waals surface area contributed by atoms with Crippen LogP contribution in [0, 0.1) is 0 Å². The van der Waals surface area contributed by atoms with Crippen molar-refractivity contribution < 1.29 is 14.3 Å². The molecule has 2 aromatic carbocycles. The molecule has 0 radical (unpaired) electrons. The lowest BCUT2D eigenvalue weighted by Crippen LogP contribution is -2.35. The first-order valence-corrected chi connectivity index (χ1v) is 7.80. The molecule has 6 nitrogen and oxygen atoms in total. The second kappa shape index (κ2) is 7.92. The molecule has 3 rings (SSSR count). The van der Waals surface area contributed by atoms with Crippen LogP contribution in [0.15, 0.2) is 66.9 Å². The van der Waals surface area contributed by atoms with E-state index in [1.54, 1.807) is 18.3 Å². The molecule has 0 atom stereocenters. The van der Waals surface area contributed by atoms with E-state index in [1.165, 1.54) is 0 Å². The van der Waals surface area contributed by atoms with Crippen molar-refractivity contribution in [3.8, 4) is 5.75 Å². The average Bonchev–Trinajstić information content (AvgIpc) is 2.65. The van der Waals surface area contributed by atoms with Crippen LogP contribution < -0.4 is 15.4 Å². The van der Waals surface area contributed by atoms with Crippen LogP contribution in [-0.4, -0.2) is 29.9 Å². The Morgan fingerprint density at radius 3 is 2.56 bits per heavy atom. The normalized spacial score (nSPS) is 10.2.